The lowest BCUT2D eigenvalue weighted by Crippen LogP contribution is -2.51. The Morgan fingerprint density at radius 1 is 1.16 bits per heavy atom. The minimum atomic E-state index is -0.851. The number of benzene rings is 1. The molecule has 0 amide bonds. The molecule has 0 aliphatic heterocycles. The predicted octanol–water partition coefficient (Wildman–Crippen LogP) is 2.78. The first kappa shape index (κ1) is 13.6. The zero-order valence-corrected chi connectivity index (χ0v) is 11.9. The summed E-state index contributed by atoms with van der Waals surface area (Å²) in [6, 6.07) is 7.55. The molecular weight excluding hydrogens is 238 g/mol. The van der Waals surface area contributed by atoms with Crippen LogP contribution in [-0.4, -0.2) is 21.2 Å². The molecule has 2 rings (SSSR count). The van der Waals surface area contributed by atoms with Crippen LogP contribution in [-0.2, 0) is 0 Å². The number of nitrogens with zero attached hydrogens (tertiary/aromatic N) is 1. The van der Waals surface area contributed by atoms with Gasteiger partial charge in [0, 0.05) is 23.0 Å². The maximum atomic E-state index is 10.2. The zero-order valence-electron chi connectivity index (χ0n) is 11.9. The molecule has 0 saturated carbocycles. The summed E-state index contributed by atoms with van der Waals surface area (Å²) in [5.41, 5.74) is 6.93. The summed E-state index contributed by atoms with van der Waals surface area (Å²) in [7, 11) is 0. The molecule has 1 aromatic carbocycles. The van der Waals surface area contributed by atoms with Crippen LogP contribution in [0.5, 0.6) is 0 Å². The summed E-state index contributed by atoms with van der Waals surface area (Å²) < 4.78 is 0. The number of aromatic nitrogens is 1. The Morgan fingerprint density at radius 2 is 1.84 bits per heavy atom. The van der Waals surface area contributed by atoms with Gasteiger partial charge in [0.05, 0.1) is 16.7 Å². The highest BCUT2D eigenvalue weighted by atomic mass is 16.3. The van der Waals surface area contributed by atoms with Gasteiger partial charge in [-0.15, -0.1) is 0 Å². The number of hydrogen-bond donors (Lipinski definition) is 3. The molecule has 0 unspecified atom stereocenters. The van der Waals surface area contributed by atoms with Gasteiger partial charge in [-0.1, -0.05) is 0 Å². The molecule has 0 fully saturated rings. The maximum absolute atomic E-state index is 10.2. The minimum absolute atomic E-state index is 0.470. The summed E-state index contributed by atoms with van der Waals surface area (Å²) in [6.45, 7) is 7.52. The van der Waals surface area contributed by atoms with Crippen LogP contribution in [0, 0.1) is 0 Å². The third-order valence-corrected chi connectivity index (χ3v) is 3.74. The van der Waals surface area contributed by atoms with E-state index in [9.17, 15) is 5.11 Å². The van der Waals surface area contributed by atoms with Gasteiger partial charge in [0.2, 0.25) is 0 Å². The van der Waals surface area contributed by atoms with E-state index in [1.807, 2.05) is 38.1 Å². The Morgan fingerprint density at radius 3 is 2.47 bits per heavy atom. The Labute approximate surface area is 113 Å². The van der Waals surface area contributed by atoms with E-state index in [4.69, 9.17) is 5.73 Å². The minimum Gasteiger partial charge on any atom is -0.399 e. The van der Waals surface area contributed by atoms with Crippen LogP contribution in [0.4, 0.5) is 11.4 Å². The van der Waals surface area contributed by atoms with Crippen LogP contribution < -0.4 is 11.1 Å². The van der Waals surface area contributed by atoms with Crippen molar-refractivity contribution in [1.82, 2.24) is 4.98 Å². The Balaban J connectivity index is 2.47. The van der Waals surface area contributed by atoms with E-state index in [1.165, 1.54) is 0 Å². The van der Waals surface area contributed by atoms with Crippen molar-refractivity contribution in [3.63, 3.8) is 0 Å². The fourth-order valence-corrected chi connectivity index (χ4v) is 1.76. The number of nitrogens with two attached hydrogens (primary N) is 1. The average molecular weight is 259 g/mol. The number of fused-ring (bicyclic) bond motifs is 1. The monoisotopic (exact) mass is 259 g/mol. The lowest BCUT2D eigenvalue weighted by molar-refractivity contribution is 0.0241. The molecule has 2 aromatic rings. The number of pyridine rings is 1. The predicted molar refractivity (Wildman–Crippen MR) is 80.2 cm³/mol. The molecule has 0 atom stereocenters. The van der Waals surface area contributed by atoms with Crippen molar-refractivity contribution in [2.45, 2.75) is 38.8 Å². The van der Waals surface area contributed by atoms with Gasteiger partial charge in [0.1, 0.15) is 0 Å². The lowest BCUT2D eigenvalue weighted by Gasteiger charge is -2.39. The summed E-state index contributed by atoms with van der Waals surface area (Å²) in [4.78, 5) is 4.31. The van der Waals surface area contributed by atoms with E-state index in [2.05, 4.69) is 10.3 Å². The van der Waals surface area contributed by atoms with Crippen LogP contribution in [0.15, 0.2) is 30.5 Å². The Hall–Kier alpha value is -1.81. The van der Waals surface area contributed by atoms with E-state index < -0.39 is 11.1 Å². The first-order valence-corrected chi connectivity index (χ1v) is 6.35. The van der Waals surface area contributed by atoms with Crippen molar-refractivity contribution in [3.05, 3.63) is 30.5 Å². The molecule has 1 aromatic heterocycles. The highest BCUT2D eigenvalue weighted by Crippen LogP contribution is 2.30. The van der Waals surface area contributed by atoms with Gasteiger partial charge >= 0.3 is 0 Å². The van der Waals surface area contributed by atoms with E-state index in [0.717, 1.165) is 16.6 Å². The zero-order chi connectivity index (χ0) is 14.3. The number of anilines is 2. The summed E-state index contributed by atoms with van der Waals surface area (Å²) in [5, 5.41) is 14.6. The van der Waals surface area contributed by atoms with Crippen molar-refractivity contribution in [3.8, 4) is 0 Å². The normalized spacial score (nSPS) is 12.7. The van der Waals surface area contributed by atoms with Crippen LogP contribution >= 0.6 is 0 Å². The molecule has 0 spiro atoms. The van der Waals surface area contributed by atoms with E-state index in [1.54, 1.807) is 20.0 Å². The number of nitrogens with one attached hydrogen (secondary N) is 1. The van der Waals surface area contributed by atoms with Gasteiger partial charge in [-0.3, -0.25) is 4.98 Å². The van der Waals surface area contributed by atoms with E-state index >= 15 is 0 Å². The topological polar surface area (TPSA) is 71.2 Å². The van der Waals surface area contributed by atoms with Gasteiger partial charge in [0.15, 0.2) is 0 Å². The molecule has 102 valence electrons. The van der Waals surface area contributed by atoms with Gasteiger partial charge in [-0.25, -0.2) is 0 Å². The van der Waals surface area contributed by atoms with Gasteiger partial charge < -0.3 is 16.2 Å². The molecule has 4 nitrogen and oxygen atoms in total. The lowest BCUT2D eigenvalue weighted by atomic mass is 9.85. The molecule has 0 aliphatic carbocycles. The molecule has 0 aliphatic rings. The van der Waals surface area contributed by atoms with Crippen molar-refractivity contribution in [2.75, 3.05) is 11.1 Å². The van der Waals surface area contributed by atoms with Crippen molar-refractivity contribution in [2.24, 2.45) is 0 Å². The first-order valence-electron chi connectivity index (χ1n) is 6.35. The summed E-state index contributed by atoms with van der Waals surface area (Å²) in [6.07, 6.45) is 1.74. The third kappa shape index (κ3) is 2.63. The number of rotatable bonds is 3. The smallest absolute Gasteiger partial charge is 0.0814 e. The average Bonchev–Trinajstić information content (AvgIpc) is 2.26. The van der Waals surface area contributed by atoms with Gasteiger partial charge in [-0.2, -0.15) is 0 Å². The molecule has 0 saturated heterocycles. The second kappa shape index (κ2) is 4.38. The molecular formula is C15H21N3O. The van der Waals surface area contributed by atoms with Gasteiger partial charge in [0.25, 0.3) is 0 Å². The van der Waals surface area contributed by atoms with Crippen LogP contribution in [0.3, 0.4) is 0 Å². The van der Waals surface area contributed by atoms with Crippen LogP contribution in [0.25, 0.3) is 10.9 Å². The quantitative estimate of drug-likeness (QED) is 0.741. The third-order valence-electron chi connectivity index (χ3n) is 3.74. The second-order valence-electron chi connectivity index (χ2n) is 5.94. The standard InChI is InChI=1S/C15H21N3O/c1-14(2,15(3,4)19)18-12-7-8-17-13-9-10(16)5-6-11(12)13/h5-9,19H,16H2,1-4H3,(H,17,18). The molecule has 4 N–H and O–H groups in total. The molecule has 1 heterocycles. The fraction of sp³-hybridized carbons (Fsp3) is 0.400. The molecule has 0 radical (unpaired) electrons. The van der Waals surface area contributed by atoms with E-state index in [0.29, 0.717) is 5.69 Å². The maximum Gasteiger partial charge on any atom is 0.0814 e. The summed E-state index contributed by atoms with van der Waals surface area (Å²) in [5.74, 6) is 0. The summed E-state index contributed by atoms with van der Waals surface area (Å²) >= 11 is 0. The largest absolute Gasteiger partial charge is 0.399 e. The van der Waals surface area contributed by atoms with Crippen LogP contribution in [0.2, 0.25) is 0 Å². The highest BCUT2D eigenvalue weighted by molar-refractivity contribution is 5.93. The number of hydrogen-bond acceptors (Lipinski definition) is 4. The highest BCUT2D eigenvalue weighted by Gasteiger charge is 2.35. The molecule has 19 heavy (non-hydrogen) atoms. The van der Waals surface area contributed by atoms with Gasteiger partial charge in [-0.05, 0) is 52.0 Å². The first-order chi connectivity index (χ1) is 8.71. The Kier molecular flexibility index (Phi) is 3.14. The van der Waals surface area contributed by atoms with E-state index in [-0.39, 0.29) is 0 Å². The molecule has 0 bridgehead atoms. The van der Waals surface area contributed by atoms with Crippen LogP contribution in [0.1, 0.15) is 27.7 Å². The number of nitrogen functional groups attached to an aromatic ring is 1. The van der Waals surface area contributed by atoms with Crippen molar-refractivity contribution < 1.29 is 5.11 Å². The number of aliphatic hydroxyl groups is 1. The van der Waals surface area contributed by atoms with Crippen molar-refractivity contribution in [1.29, 1.82) is 0 Å². The molecule has 4 heteroatoms. The SMILES string of the molecule is CC(C)(O)C(C)(C)Nc1ccnc2cc(N)ccc12. The fourth-order valence-electron chi connectivity index (χ4n) is 1.76. The second-order valence-corrected chi connectivity index (χ2v) is 5.94. The van der Waals surface area contributed by atoms with Crippen molar-refractivity contribution >= 4 is 22.3 Å². The Bertz CT molecular complexity index is 600.